The van der Waals surface area contributed by atoms with Crippen LogP contribution in [0.25, 0.3) is 0 Å². The molecule has 0 bridgehead atoms. The van der Waals surface area contributed by atoms with Crippen LogP contribution in [0.5, 0.6) is 0 Å². The quantitative estimate of drug-likeness (QED) is 0.790. The van der Waals surface area contributed by atoms with Crippen LogP contribution in [0.2, 0.25) is 5.02 Å². The number of benzene rings is 2. The number of rotatable bonds is 5. The number of carbonyl (C=O) groups is 1. The molecular weight excluding hydrogens is 396 g/mol. The predicted octanol–water partition coefficient (Wildman–Crippen LogP) is 4.14. The second-order valence-electron chi connectivity index (χ2n) is 7.31. The third-order valence-corrected chi connectivity index (χ3v) is 7.31. The molecule has 150 valence electrons. The minimum Gasteiger partial charge on any atom is -0.325 e. The number of aryl methyl sites for hydroxylation is 2. The molecule has 0 saturated carbocycles. The minimum atomic E-state index is -3.41. The molecule has 28 heavy (non-hydrogen) atoms. The number of para-hydroxylation sites is 1. The van der Waals surface area contributed by atoms with Gasteiger partial charge in [-0.2, -0.15) is 0 Å². The van der Waals surface area contributed by atoms with E-state index in [9.17, 15) is 13.2 Å². The minimum absolute atomic E-state index is 0.0350. The molecule has 7 heteroatoms. The van der Waals surface area contributed by atoms with Gasteiger partial charge < -0.3 is 5.32 Å². The number of piperidine rings is 1. The van der Waals surface area contributed by atoms with E-state index in [1.807, 2.05) is 32.0 Å². The molecule has 1 amide bonds. The van der Waals surface area contributed by atoms with Gasteiger partial charge in [0.15, 0.2) is 0 Å². The number of hydrogen-bond donors (Lipinski definition) is 1. The van der Waals surface area contributed by atoms with E-state index < -0.39 is 10.0 Å². The van der Waals surface area contributed by atoms with Crippen molar-refractivity contribution in [1.29, 1.82) is 0 Å². The standard InChI is InChI=1S/C21H25ClN2O3S/c1-15-4-3-5-16(2)20(15)23-21(25)18-10-12-24(13-11-18)28(26,27)14-17-6-8-19(22)9-7-17/h3-9,18H,10-14H2,1-2H3,(H,23,25). The second-order valence-corrected chi connectivity index (χ2v) is 9.72. The van der Waals surface area contributed by atoms with Crippen molar-refractivity contribution in [3.05, 3.63) is 64.2 Å². The van der Waals surface area contributed by atoms with Crippen LogP contribution in [0.4, 0.5) is 5.69 Å². The lowest BCUT2D eigenvalue weighted by atomic mass is 9.96. The van der Waals surface area contributed by atoms with E-state index in [4.69, 9.17) is 11.6 Å². The Labute approximate surface area is 171 Å². The third kappa shape index (κ3) is 4.93. The first-order chi connectivity index (χ1) is 13.3. The van der Waals surface area contributed by atoms with Gasteiger partial charge in [0.2, 0.25) is 15.9 Å². The van der Waals surface area contributed by atoms with E-state index in [-0.39, 0.29) is 17.6 Å². The first-order valence-electron chi connectivity index (χ1n) is 9.35. The highest BCUT2D eigenvalue weighted by Crippen LogP contribution is 2.25. The fraction of sp³-hybridized carbons (Fsp3) is 0.381. The van der Waals surface area contributed by atoms with Crippen LogP contribution in [-0.2, 0) is 20.6 Å². The fourth-order valence-electron chi connectivity index (χ4n) is 3.52. The average Bonchev–Trinajstić information content (AvgIpc) is 2.66. The highest BCUT2D eigenvalue weighted by molar-refractivity contribution is 7.88. The molecule has 0 radical (unpaired) electrons. The van der Waals surface area contributed by atoms with Crippen molar-refractivity contribution in [2.45, 2.75) is 32.4 Å². The Hall–Kier alpha value is -1.89. The van der Waals surface area contributed by atoms with Crippen molar-refractivity contribution in [2.75, 3.05) is 18.4 Å². The molecule has 0 atom stereocenters. The van der Waals surface area contributed by atoms with E-state index in [0.717, 1.165) is 16.8 Å². The van der Waals surface area contributed by atoms with Crippen LogP contribution in [-0.4, -0.2) is 31.7 Å². The molecule has 0 spiro atoms. The smallest absolute Gasteiger partial charge is 0.227 e. The van der Waals surface area contributed by atoms with E-state index in [0.29, 0.717) is 36.5 Å². The van der Waals surface area contributed by atoms with Gasteiger partial charge in [-0.1, -0.05) is 41.9 Å². The summed E-state index contributed by atoms with van der Waals surface area (Å²) < 4.78 is 26.9. The van der Waals surface area contributed by atoms with Crippen LogP contribution in [0.1, 0.15) is 29.5 Å². The number of halogens is 1. The lowest BCUT2D eigenvalue weighted by Gasteiger charge is -2.30. The average molecular weight is 421 g/mol. The van der Waals surface area contributed by atoms with Crippen LogP contribution in [0.3, 0.4) is 0 Å². The van der Waals surface area contributed by atoms with Crippen LogP contribution >= 0.6 is 11.6 Å². The number of sulfonamides is 1. The van der Waals surface area contributed by atoms with E-state index >= 15 is 0 Å². The Kier molecular flexibility index (Phi) is 6.43. The van der Waals surface area contributed by atoms with Crippen molar-refractivity contribution in [3.63, 3.8) is 0 Å². The van der Waals surface area contributed by atoms with Gasteiger partial charge in [-0.05, 0) is 55.5 Å². The summed E-state index contributed by atoms with van der Waals surface area (Å²) in [6.07, 6.45) is 1.05. The van der Waals surface area contributed by atoms with Gasteiger partial charge in [-0.3, -0.25) is 4.79 Å². The Morgan fingerprint density at radius 3 is 2.21 bits per heavy atom. The van der Waals surface area contributed by atoms with E-state index in [1.165, 1.54) is 4.31 Å². The Bertz CT molecular complexity index is 930. The maximum absolute atomic E-state index is 12.7. The van der Waals surface area contributed by atoms with Gasteiger partial charge in [-0.25, -0.2) is 12.7 Å². The molecular formula is C21H25ClN2O3S. The molecule has 3 rings (SSSR count). The highest BCUT2D eigenvalue weighted by atomic mass is 35.5. The molecule has 1 fully saturated rings. The number of nitrogens with one attached hydrogen (secondary N) is 1. The van der Waals surface area contributed by atoms with Crippen molar-refractivity contribution in [2.24, 2.45) is 5.92 Å². The molecule has 1 saturated heterocycles. The van der Waals surface area contributed by atoms with Gasteiger partial charge in [0.1, 0.15) is 0 Å². The first kappa shape index (κ1) is 20.8. The summed E-state index contributed by atoms with van der Waals surface area (Å²) >= 11 is 5.86. The topological polar surface area (TPSA) is 66.5 Å². The fourth-order valence-corrected chi connectivity index (χ4v) is 5.20. The van der Waals surface area contributed by atoms with E-state index in [1.54, 1.807) is 24.3 Å². The third-order valence-electron chi connectivity index (χ3n) is 5.21. The highest BCUT2D eigenvalue weighted by Gasteiger charge is 2.31. The number of amides is 1. The predicted molar refractivity (Wildman–Crippen MR) is 113 cm³/mol. The summed E-state index contributed by atoms with van der Waals surface area (Å²) in [5, 5.41) is 3.61. The second kappa shape index (κ2) is 8.64. The zero-order valence-electron chi connectivity index (χ0n) is 16.1. The molecule has 1 N–H and O–H groups in total. The van der Waals surface area contributed by atoms with Crippen LogP contribution in [0, 0.1) is 19.8 Å². The molecule has 0 aromatic heterocycles. The lowest BCUT2D eigenvalue weighted by molar-refractivity contribution is -0.120. The first-order valence-corrected chi connectivity index (χ1v) is 11.3. The zero-order chi connectivity index (χ0) is 20.3. The molecule has 0 unspecified atom stereocenters. The molecule has 2 aromatic rings. The van der Waals surface area contributed by atoms with Gasteiger partial charge in [0.25, 0.3) is 0 Å². The Morgan fingerprint density at radius 1 is 1.07 bits per heavy atom. The monoisotopic (exact) mass is 420 g/mol. The Morgan fingerprint density at radius 2 is 1.64 bits per heavy atom. The van der Waals surface area contributed by atoms with Crippen molar-refractivity contribution >= 4 is 33.2 Å². The number of nitrogens with zero attached hydrogens (tertiary/aromatic N) is 1. The summed E-state index contributed by atoms with van der Waals surface area (Å²) in [5.74, 6) is -0.267. The molecule has 1 aliphatic heterocycles. The van der Waals surface area contributed by atoms with Crippen LogP contribution in [0.15, 0.2) is 42.5 Å². The van der Waals surface area contributed by atoms with E-state index in [2.05, 4.69) is 5.32 Å². The van der Waals surface area contributed by atoms with Crippen LogP contribution < -0.4 is 5.32 Å². The zero-order valence-corrected chi connectivity index (χ0v) is 17.7. The van der Waals surface area contributed by atoms with Gasteiger partial charge in [0, 0.05) is 29.7 Å². The molecule has 0 aliphatic carbocycles. The summed E-state index contributed by atoms with van der Waals surface area (Å²) in [6.45, 7) is 4.66. The van der Waals surface area contributed by atoms with Crippen molar-refractivity contribution in [1.82, 2.24) is 4.31 Å². The Balaban J connectivity index is 1.59. The van der Waals surface area contributed by atoms with Gasteiger partial charge in [0.05, 0.1) is 5.75 Å². The number of hydrogen-bond acceptors (Lipinski definition) is 3. The lowest BCUT2D eigenvalue weighted by Crippen LogP contribution is -2.42. The summed E-state index contributed by atoms with van der Waals surface area (Å²) in [4.78, 5) is 12.7. The summed E-state index contributed by atoms with van der Waals surface area (Å²) in [7, 11) is -3.41. The summed E-state index contributed by atoms with van der Waals surface area (Å²) in [5.41, 5.74) is 3.61. The molecule has 1 aliphatic rings. The van der Waals surface area contributed by atoms with Gasteiger partial charge >= 0.3 is 0 Å². The largest absolute Gasteiger partial charge is 0.325 e. The molecule has 5 nitrogen and oxygen atoms in total. The van der Waals surface area contributed by atoms with Crippen molar-refractivity contribution < 1.29 is 13.2 Å². The SMILES string of the molecule is Cc1cccc(C)c1NC(=O)C1CCN(S(=O)(=O)Cc2ccc(Cl)cc2)CC1. The number of anilines is 1. The maximum Gasteiger partial charge on any atom is 0.227 e. The van der Waals surface area contributed by atoms with Crippen molar-refractivity contribution in [3.8, 4) is 0 Å². The molecule has 1 heterocycles. The maximum atomic E-state index is 12.7. The normalized spacial score (nSPS) is 16.1. The number of carbonyl (C=O) groups excluding carboxylic acids is 1. The van der Waals surface area contributed by atoms with Gasteiger partial charge in [-0.15, -0.1) is 0 Å². The summed E-state index contributed by atoms with van der Waals surface area (Å²) in [6, 6.07) is 12.7. The molecule has 2 aromatic carbocycles.